The van der Waals surface area contributed by atoms with E-state index < -0.39 is 22.0 Å². The molecule has 0 aliphatic heterocycles. The van der Waals surface area contributed by atoms with Crippen molar-refractivity contribution in [2.45, 2.75) is 4.90 Å². The Morgan fingerprint density at radius 1 is 1.05 bits per heavy atom. The van der Waals surface area contributed by atoms with Crippen molar-refractivity contribution in [3.8, 4) is 0 Å². The summed E-state index contributed by atoms with van der Waals surface area (Å²) in [6, 6.07) is 9.89. The van der Waals surface area contributed by atoms with Crippen LogP contribution >= 0.6 is 0 Å². The van der Waals surface area contributed by atoms with Gasteiger partial charge < -0.3 is 10.6 Å². The molecule has 0 fully saturated rings. The smallest absolute Gasteiger partial charge is 0.308 e. The van der Waals surface area contributed by atoms with Crippen LogP contribution in [0.25, 0.3) is 0 Å². The zero-order valence-corrected chi connectivity index (χ0v) is 11.4. The van der Waals surface area contributed by atoms with Crippen LogP contribution in [0.4, 0.5) is 20.6 Å². The molecule has 0 saturated carbocycles. The third-order valence-corrected chi connectivity index (χ3v) is 3.36. The second kappa shape index (κ2) is 5.90. The molecule has 0 bridgehead atoms. The molecule has 110 valence electrons. The molecule has 0 aromatic heterocycles. The zero-order chi connectivity index (χ0) is 15.5. The van der Waals surface area contributed by atoms with E-state index in [1.807, 2.05) is 0 Å². The molecule has 2 aromatic carbocycles. The minimum atomic E-state index is -4.36. The van der Waals surface area contributed by atoms with E-state index in [0.717, 1.165) is 6.07 Å². The van der Waals surface area contributed by atoms with Crippen molar-refractivity contribution in [1.82, 2.24) is 0 Å². The summed E-state index contributed by atoms with van der Waals surface area (Å²) < 4.78 is 44.2. The first-order valence-corrected chi connectivity index (χ1v) is 7.20. The van der Waals surface area contributed by atoms with E-state index >= 15 is 0 Å². The molecule has 3 N–H and O–H groups in total. The number of urea groups is 1. The Balaban J connectivity index is 2.12. The molecule has 0 aliphatic rings. The predicted molar refractivity (Wildman–Crippen MR) is 75.3 cm³/mol. The molecule has 0 radical (unpaired) electrons. The van der Waals surface area contributed by atoms with Gasteiger partial charge in [-0.05, 0) is 30.3 Å². The number of carbonyl (C=O) groups is 1. The first-order valence-electron chi connectivity index (χ1n) is 5.76. The van der Waals surface area contributed by atoms with Gasteiger partial charge in [-0.25, -0.2) is 9.18 Å². The molecule has 0 atom stereocenters. The summed E-state index contributed by atoms with van der Waals surface area (Å²) in [5.41, 5.74) is 0.125. The number of nitrogens with one attached hydrogen (secondary N) is 2. The summed E-state index contributed by atoms with van der Waals surface area (Å²) in [6.07, 6.45) is 0. The molecule has 2 amide bonds. The first kappa shape index (κ1) is 14.9. The topological polar surface area (TPSA) is 95.5 Å². The van der Waals surface area contributed by atoms with Crippen LogP contribution in [0.2, 0.25) is 0 Å². The van der Waals surface area contributed by atoms with E-state index in [-0.39, 0.29) is 16.3 Å². The Kier molecular flexibility index (Phi) is 4.20. The van der Waals surface area contributed by atoms with E-state index in [9.17, 15) is 17.6 Å². The van der Waals surface area contributed by atoms with Gasteiger partial charge in [0.25, 0.3) is 10.1 Å². The fourth-order valence-electron chi connectivity index (χ4n) is 1.58. The second-order valence-electron chi connectivity index (χ2n) is 4.06. The van der Waals surface area contributed by atoms with Crippen molar-refractivity contribution >= 4 is 27.5 Å². The molecule has 0 unspecified atom stereocenters. The van der Waals surface area contributed by atoms with E-state index in [4.69, 9.17) is 4.55 Å². The van der Waals surface area contributed by atoms with Crippen molar-refractivity contribution in [1.29, 1.82) is 0 Å². The van der Waals surface area contributed by atoms with E-state index in [1.54, 1.807) is 6.07 Å². The number of hydrogen-bond donors (Lipinski definition) is 3. The highest BCUT2D eigenvalue weighted by atomic mass is 32.2. The molecular formula is C13H11FN2O4S. The van der Waals surface area contributed by atoms with Gasteiger partial charge in [-0.15, -0.1) is 0 Å². The highest BCUT2D eigenvalue weighted by Gasteiger charge is 2.11. The van der Waals surface area contributed by atoms with Gasteiger partial charge >= 0.3 is 6.03 Å². The predicted octanol–water partition coefficient (Wildman–Crippen LogP) is 2.72. The minimum absolute atomic E-state index is 0.0130. The maximum atomic E-state index is 13.4. The number of hydrogen-bond acceptors (Lipinski definition) is 3. The number of amides is 2. The maximum absolute atomic E-state index is 13.4. The van der Waals surface area contributed by atoms with E-state index in [1.165, 1.54) is 36.4 Å². The third kappa shape index (κ3) is 4.01. The lowest BCUT2D eigenvalue weighted by Crippen LogP contribution is -2.20. The van der Waals surface area contributed by atoms with Crippen molar-refractivity contribution in [3.05, 3.63) is 54.3 Å². The summed E-state index contributed by atoms with van der Waals surface area (Å²) in [4.78, 5) is 11.3. The van der Waals surface area contributed by atoms with Crippen LogP contribution in [0.3, 0.4) is 0 Å². The van der Waals surface area contributed by atoms with Crippen LogP contribution in [-0.4, -0.2) is 19.0 Å². The average molecular weight is 310 g/mol. The lowest BCUT2D eigenvalue weighted by molar-refractivity contribution is 0.262. The Morgan fingerprint density at radius 2 is 1.76 bits per heavy atom. The van der Waals surface area contributed by atoms with E-state index in [0.29, 0.717) is 0 Å². The van der Waals surface area contributed by atoms with Crippen LogP contribution in [-0.2, 0) is 10.1 Å². The lowest BCUT2D eigenvalue weighted by Gasteiger charge is -2.09. The molecule has 0 saturated heterocycles. The molecule has 8 heteroatoms. The monoisotopic (exact) mass is 310 g/mol. The number of anilines is 2. The molecule has 2 rings (SSSR count). The molecule has 0 aliphatic carbocycles. The van der Waals surface area contributed by atoms with Crippen molar-refractivity contribution in [2.75, 3.05) is 10.6 Å². The van der Waals surface area contributed by atoms with Gasteiger partial charge in [0, 0.05) is 5.69 Å². The average Bonchev–Trinajstić information content (AvgIpc) is 2.41. The normalized spacial score (nSPS) is 11.0. The summed E-state index contributed by atoms with van der Waals surface area (Å²) in [5, 5.41) is 4.62. The van der Waals surface area contributed by atoms with Gasteiger partial charge in [0.15, 0.2) is 0 Å². The van der Waals surface area contributed by atoms with E-state index in [2.05, 4.69) is 10.6 Å². The number of halogens is 1. The quantitative estimate of drug-likeness (QED) is 0.760. The molecule has 21 heavy (non-hydrogen) atoms. The van der Waals surface area contributed by atoms with Gasteiger partial charge in [0.1, 0.15) is 5.82 Å². The first-order chi connectivity index (χ1) is 9.86. The number of rotatable bonds is 3. The van der Waals surface area contributed by atoms with Crippen LogP contribution < -0.4 is 10.6 Å². The summed E-state index contributed by atoms with van der Waals surface area (Å²) in [6.45, 7) is 0. The van der Waals surface area contributed by atoms with Crippen LogP contribution in [0.15, 0.2) is 53.4 Å². The van der Waals surface area contributed by atoms with Gasteiger partial charge in [-0.2, -0.15) is 8.42 Å². The van der Waals surface area contributed by atoms with Crippen molar-refractivity contribution in [2.24, 2.45) is 0 Å². The Hall–Kier alpha value is -2.45. The number of para-hydroxylation sites is 1. The standard InChI is InChI=1S/C13H11FN2O4S/c14-11-6-1-2-7-12(11)16-13(17)15-9-4-3-5-10(8-9)21(18,19)20/h1-8H,(H2,15,16,17)(H,18,19,20). The highest BCUT2D eigenvalue weighted by molar-refractivity contribution is 7.85. The molecule has 0 heterocycles. The van der Waals surface area contributed by atoms with Gasteiger partial charge in [0.05, 0.1) is 10.6 Å². The number of benzene rings is 2. The fraction of sp³-hybridized carbons (Fsp3) is 0. The van der Waals surface area contributed by atoms with Crippen molar-refractivity contribution < 1.29 is 22.2 Å². The van der Waals surface area contributed by atoms with Crippen LogP contribution in [0.5, 0.6) is 0 Å². The van der Waals surface area contributed by atoms with Crippen molar-refractivity contribution in [3.63, 3.8) is 0 Å². The molecule has 6 nitrogen and oxygen atoms in total. The van der Waals surface area contributed by atoms with Crippen LogP contribution in [0, 0.1) is 5.82 Å². The highest BCUT2D eigenvalue weighted by Crippen LogP contribution is 2.16. The molecule has 2 aromatic rings. The Morgan fingerprint density at radius 3 is 2.43 bits per heavy atom. The summed E-state index contributed by atoms with van der Waals surface area (Å²) in [5.74, 6) is -0.598. The Labute approximate surface area is 120 Å². The van der Waals surface area contributed by atoms with Gasteiger partial charge in [-0.1, -0.05) is 18.2 Å². The molecule has 0 spiro atoms. The molecular weight excluding hydrogens is 299 g/mol. The summed E-state index contributed by atoms with van der Waals surface area (Å²) >= 11 is 0. The third-order valence-electron chi connectivity index (χ3n) is 2.51. The van der Waals surface area contributed by atoms with Gasteiger partial charge in [-0.3, -0.25) is 4.55 Å². The SMILES string of the molecule is O=C(Nc1cccc(S(=O)(=O)O)c1)Nc1ccccc1F. The fourth-order valence-corrected chi connectivity index (χ4v) is 2.11. The maximum Gasteiger partial charge on any atom is 0.323 e. The van der Waals surface area contributed by atoms with Gasteiger partial charge in [0.2, 0.25) is 0 Å². The number of carbonyl (C=O) groups excluding carboxylic acids is 1. The Bertz CT molecular complexity index is 777. The second-order valence-corrected chi connectivity index (χ2v) is 5.48. The zero-order valence-electron chi connectivity index (χ0n) is 10.6. The summed E-state index contributed by atoms with van der Waals surface area (Å²) in [7, 11) is -4.36. The minimum Gasteiger partial charge on any atom is -0.308 e. The lowest BCUT2D eigenvalue weighted by atomic mass is 10.3. The largest absolute Gasteiger partial charge is 0.323 e. The van der Waals surface area contributed by atoms with Crippen LogP contribution in [0.1, 0.15) is 0 Å².